The molecule has 0 aromatic rings. The molecule has 1 aliphatic rings. The highest BCUT2D eigenvalue weighted by Crippen LogP contribution is 1.86. The summed E-state index contributed by atoms with van der Waals surface area (Å²) in [6.45, 7) is 0.626. The van der Waals surface area contributed by atoms with Gasteiger partial charge in [0.15, 0.2) is 5.78 Å². The Morgan fingerprint density at radius 1 is 1.42 bits per heavy atom. The van der Waals surface area contributed by atoms with Crippen LogP contribution < -0.4 is 16.0 Å². The second kappa shape index (κ2) is 4.18. The summed E-state index contributed by atoms with van der Waals surface area (Å²) in [5.74, 6) is -0.166. The van der Waals surface area contributed by atoms with Crippen molar-refractivity contribution in [2.75, 3.05) is 19.6 Å². The van der Waals surface area contributed by atoms with Crippen LogP contribution in [0.4, 0.5) is 0 Å². The summed E-state index contributed by atoms with van der Waals surface area (Å²) in [5.41, 5.74) is 0. The zero-order chi connectivity index (χ0) is 8.97. The first kappa shape index (κ1) is 9.15. The Labute approximate surface area is 70.9 Å². The van der Waals surface area contributed by atoms with E-state index < -0.39 is 6.04 Å². The molecule has 0 aromatic carbocycles. The summed E-state index contributed by atoms with van der Waals surface area (Å²) in [5, 5.41) is 7.58. The average Bonchev–Trinajstić information content (AvgIpc) is 2.03. The Morgan fingerprint density at radius 3 is 2.83 bits per heavy atom. The van der Waals surface area contributed by atoms with Gasteiger partial charge in [-0.15, -0.1) is 0 Å². The standard InChI is InChI=1S/C7H11N3O2/c1-8-5-2-10-7(12)4-9-3-6(5)11/h1,5,8-9H,2-4H2,(H,10,12). The molecule has 1 unspecified atom stereocenters. The van der Waals surface area contributed by atoms with E-state index >= 15 is 0 Å². The molecule has 0 bridgehead atoms. The number of amides is 1. The average molecular weight is 169 g/mol. The van der Waals surface area contributed by atoms with Crippen LogP contribution >= 0.6 is 0 Å². The van der Waals surface area contributed by atoms with Gasteiger partial charge in [-0.3, -0.25) is 14.9 Å². The van der Waals surface area contributed by atoms with Crippen LogP contribution in [0.15, 0.2) is 0 Å². The number of ketones is 1. The van der Waals surface area contributed by atoms with E-state index in [1.807, 2.05) is 0 Å². The van der Waals surface area contributed by atoms with E-state index in [1.54, 1.807) is 0 Å². The van der Waals surface area contributed by atoms with E-state index in [2.05, 4.69) is 16.0 Å². The lowest BCUT2D eigenvalue weighted by molar-refractivity contribution is -0.123. The molecule has 1 amide bonds. The summed E-state index contributed by atoms with van der Waals surface area (Å²) in [7, 11) is 5.11. The highest BCUT2D eigenvalue weighted by atomic mass is 16.2. The molecule has 0 aliphatic carbocycles. The Bertz CT molecular complexity index is 193. The molecule has 0 aromatic heterocycles. The minimum absolute atomic E-state index is 0.0440. The number of carbonyl (C=O) groups is 2. The lowest BCUT2D eigenvalue weighted by Crippen LogP contribution is -2.52. The van der Waals surface area contributed by atoms with Gasteiger partial charge in [0, 0.05) is 13.6 Å². The Morgan fingerprint density at radius 2 is 2.17 bits per heavy atom. The molecule has 1 aliphatic heterocycles. The number of nitrogens with one attached hydrogen (secondary N) is 3. The fourth-order valence-electron chi connectivity index (χ4n) is 0.967. The number of hydrogen-bond donors (Lipinski definition) is 3. The minimum Gasteiger partial charge on any atom is -0.353 e. The highest BCUT2D eigenvalue weighted by Gasteiger charge is 2.19. The van der Waals surface area contributed by atoms with Crippen molar-refractivity contribution >= 4 is 11.7 Å². The summed E-state index contributed by atoms with van der Waals surface area (Å²) < 4.78 is 0. The molecule has 1 fully saturated rings. The predicted octanol–water partition coefficient (Wildman–Crippen LogP) is -2.10. The van der Waals surface area contributed by atoms with E-state index in [0.29, 0.717) is 0 Å². The van der Waals surface area contributed by atoms with Gasteiger partial charge in [-0.25, -0.2) is 0 Å². The van der Waals surface area contributed by atoms with E-state index in [0.717, 1.165) is 0 Å². The minimum atomic E-state index is -0.484. The molecule has 2 radical (unpaired) electrons. The van der Waals surface area contributed by atoms with Gasteiger partial charge in [0.2, 0.25) is 5.91 Å². The Hall–Kier alpha value is -0.940. The second-order valence-electron chi connectivity index (χ2n) is 2.59. The maximum absolute atomic E-state index is 11.1. The smallest absolute Gasteiger partial charge is 0.234 e. The molecule has 0 spiro atoms. The van der Waals surface area contributed by atoms with Crippen molar-refractivity contribution in [2.45, 2.75) is 6.04 Å². The first-order valence-electron chi connectivity index (χ1n) is 3.70. The molecule has 1 rings (SSSR count). The molecule has 12 heavy (non-hydrogen) atoms. The SMILES string of the molecule is [CH]NC1CNC(=O)CNCC1=O. The van der Waals surface area contributed by atoms with Crippen molar-refractivity contribution in [1.82, 2.24) is 16.0 Å². The van der Waals surface area contributed by atoms with Gasteiger partial charge in [-0.2, -0.15) is 0 Å². The van der Waals surface area contributed by atoms with Gasteiger partial charge in [-0.1, -0.05) is 0 Å². The van der Waals surface area contributed by atoms with Crippen LogP contribution in [-0.4, -0.2) is 37.4 Å². The van der Waals surface area contributed by atoms with Crippen LogP contribution in [-0.2, 0) is 9.59 Å². The third-order valence-electron chi connectivity index (χ3n) is 1.68. The molecule has 1 heterocycles. The van der Waals surface area contributed by atoms with Crippen LogP contribution in [0, 0.1) is 7.05 Å². The first-order chi connectivity index (χ1) is 5.74. The van der Waals surface area contributed by atoms with Crippen molar-refractivity contribution in [2.24, 2.45) is 0 Å². The van der Waals surface area contributed by atoms with Crippen LogP contribution in [0.2, 0.25) is 0 Å². The highest BCUT2D eigenvalue weighted by molar-refractivity contribution is 5.89. The molecule has 66 valence electrons. The summed E-state index contributed by atoms with van der Waals surface area (Å²) in [6, 6.07) is -0.484. The monoisotopic (exact) mass is 169 g/mol. The fraction of sp³-hybridized carbons (Fsp3) is 0.571. The Kier molecular flexibility index (Phi) is 3.19. The zero-order valence-corrected chi connectivity index (χ0v) is 6.59. The van der Waals surface area contributed by atoms with Gasteiger partial charge in [0.05, 0.1) is 19.1 Å². The molecule has 1 saturated heterocycles. The first-order valence-corrected chi connectivity index (χ1v) is 3.70. The topological polar surface area (TPSA) is 70.2 Å². The van der Waals surface area contributed by atoms with Gasteiger partial charge < -0.3 is 10.6 Å². The molecule has 0 saturated carbocycles. The van der Waals surface area contributed by atoms with Crippen LogP contribution in [0.25, 0.3) is 0 Å². The van der Waals surface area contributed by atoms with Crippen LogP contribution in [0.1, 0.15) is 0 Å². The number of rotatable bonds is 1. The Balaban J connectivity index is 2.50. The molecular weight excluding hydrogens is 158 g/mol. The van der Waals surface area contributed by atoms with Crippen LogP contribution in [0.5, 0.6) is 0 Å². The third-order valence-corrected chi connectivity index (χ3v) is 1.68. The number of Topliss-reactive ketones (excluding diaryl/α,β-unsaturated/α-hetero) is 1. The van der Waals surface area contributed by atoms with E-state index in [1.165, 1.54) is 0 Å². The number of hydrogen-bond acceptors (Lipinski definition) is 4. The summed E-state index contributed by atoms with van der Waals surface area (Å²) in [4.78, 5) is 22.0. The van der Waals surface area contributed by atoms with Gasteiger partial charge in [0.25, 0.3) is 0 Å². The van der Waals surface area contributed by atoms with Gasteiger partial charge in [-0.05, 0) is 0 Å². The van der Waals surface area contributed by atoms with E-state index in [-0.39, 0.29) is 31.3 Å². The maximum atomic E-state index is 11.1. The third kappa shape index (κ3) is 2.28. The lowest BCUT2D eigenvalue weighted by Gasteiger charge is -2.18. The van der Waals surface area contributed by atoms with E-state index in [9.17, 15) is 9.59 Å². The van der Waals surface area contributed by atoms with Crippen LogP contribution in [0.3, 0.4) is 0 Å². The quantitative estimate of drug-likeness (QED) is 0.393. The van der Waals surface area contributed by atoms with Gasteiger partial charge >= 0.3 is 0 Å². The molecule has 1 atom stereocenters. The maximum Gasteiger partial charge on any atom is 0.234 e. The van der Waals surface area contributed by atoms with Crippen molar-refractivity contribution in [3.05, 3.63) is 7.05 Å². The summed E-state index contributed by atoms with van der Waals surface area (Å²) >= 11 is 0. The molecule has 5 nitrogen and oxygen atoms in total. The molecule has 3 N–H and O–H groups in total. The van der Waals surface area contributed by atoms with Crippen molar-refractivity contribution < 1.29 is 9.59 Å². The fourth-order valence-corrected chi connectivity index (χ4v) is 0.967. The lowest BCUT2D eigenvalue weighted by atomic mass is 10.1. The largest absolute Gasteiger partial charge is 0.353 e. The molecular formula is C7H11N3O2. The molecule has 5 heteroatoms. The van der Waals surface area contributed by atoms with Crippen molar-refractivity contribution in [3.8, 4) is 0 Å². The van der Waals surface area contributed by atoms with Crippen molar-refractivity contribution in [1.29, 1.82) is 0 Å². The predicted molar refractivity (Wildman–Crippen MR) is 42.1 cm³/mol. The number of carbonyl (C=O) groups excluding carboxylic acids is 2. The van der Waals surface area contributed by atoms with E-state index in [4.69, 9.17) is 7.05 Å². The normalized spacial score (nSPS) is 25.9. The summed E-state index contributed by atoms with van der Waals surface area (Å²) in [6.07, 6.45) is 0. The van der Waals surface area contributed by atoms with Gasteiger partial charge in [0.1, 0.15) is 0 Å². The second-order valence-corrected chi connectivity index (χ2v) is 2.59. The zero-order valence-electron chi connectivity index (χ0n) is 6.59. The van der Waals surface area contributed by atoms with Crippen molar-refractivity contribution in [3.63, 3.8) is 0 Å².